The van der Waals surface area contributed by atoms with Crippen molar-refractivity contribution in [3.8, 4) is 5.75 Å². The largest absolute Gasteiger partial charge is 0.489 e. The molecule has 110 valence electrons. The van der Waals surface area contributed by atoms with E-state index in [9.17, 15) is 0 Å². The number of hydrogen-bond donors (Lipinski definition) is 1. The van der Waals surface area contributed by atoms with Gasteiger partial charge in [0.05, 0.1) is 16.7 Å². The van der Waals surface area contributed by atoms with Crippen LogP contribution in [0, 0.1) is 0 Å². The van der Waals surface area contributed by atoms with Gasteiger partial charge in [-0.1, -0.05) is 6.07 Å². The van der Waals surface area contributed by atoms with Gasteiger partial charge < -0.3 is 15.2 Å². The van der Waals surface area contributed by atoms with E-state index in [1.807, 2.05) is 30.0 Å². The van der Waals surface area contributed by atoms with Crippen LogP contribution in [-0.2, 0) is 4.74 Å². The summed E-state index contributed by atoms with van der Waals surface area (Å²) in [7, 11) is 0. The van der Waals surface area contributed by atoms with Crippen LogP contribution in [0.3, 0.4) is 0 Å². The van der Waals surface area contributed by atoms with Gasteiger partial charge in [0.15, 0.2) is 0 Å². The van der Waals surface area contributed by atoms with Gasteiger partial charge in [-0.05, 0) is 52.4 Å². The maximum absolute atomic E-state index is 6.18. The highest BCUT2D eigenvalue weighted by Crippen LogP contribution is 2.40. The Labute approximate surface area is 132 Å². The predicted molar refractivity (Wildman–Crippen MR) is 87.4 cm³/mol. The highest BCUT2D eigenvalue weighted by atomic mass is 79.9. The van der Waals surface area contributed by atoms with Crippen LogP contribution in [0.15, 0.2) is 22.7 Å². The van der Waals surface area contributed by atoms with Crippen molar-refractivity contribution in [1.29, 1.82) is 0 Å². The van der Waals surface area contributed by atoms with Crippen molar-refractivity contribution in [3.63, 3.8) is 0 Å². The molecule has 0 bridgehead atoms. The van der Waals surface area contributed by atoms with Crippen molar-refractivity contribution >= 4 is 33.4 Å². The maximum Gasteiger partial charge on any atom is 0.135 e. The van der Waals surface area contributed by atoms with Crippen LogP contribution in [0.1, 0.15) is 25.7 Å². The predicted octanol–water partition coefficient (Wildman–Crippen LogP) is 3.85. The number of nitrogen functional groups attached to an aromatic ring is 1. The van der Waals surface area contributed by atoms with E-state index in [0.717, 1.165) is 48.2 Å². The molecule has 0 radical (unpaired) electrons. The Morgan fingerprint density at radius 2 is 2.15 bits per heavy atom. The topological polar surface area (TPSA) is 44.5 Å². The summed E-state index contributed by atoms with van der Waals surface area (Å²) in [5, 5.41) is 0. The number of benzene rings is 1. The van der Waals surface area contributed by atoms with Crippen LogP contribution in [0.5, 0.6) is 5.75 Å². The lowest BCUT2D eigenvalue weighted by molar-refractivity contribution is -0.116. The molecule has 2 aliphatic heterocycles. The number of ether oxygens (including phenoxy) is 2. The number of anilines is 1. The van der Waals surface area contributed by atoms with E-state index in [-0.39, 0.29) is 11.7 Å². The first-order chi connectivity index (χ1) is 9.69. The molecule has 5 heteroatoms. The molecule has 2 aliphatic rings. The molecule has 2 heterocycles. The molecular weight excluding hydrogens is 338 g/mol. The molecule has 1 spiro atoms. The second kappa shape index (κ2) is 6.16. The molecular formula is C15H20BrNO2S. The summed E-state index contributed by atoms with van der Waals surface area (Å²) in [4.78, 5) is 0. The summed E-state index contributed by atoms with van der Waals surface area (Å²) in [6, 6.07) is 5.78. The van der Waals surface area contributed by atoms with Crippen molar-refractivity contribution in [1.82, 2.24) is 0 Å². The Morgan fingerprint density at radius 3 is 2.95 bits per heavy atom. The molecule has 0 amide bonds. The minimum absolute atomic E-state index is 0.0565. The van der Waals surface area contributed by atoms with Crippen LogP contribution in [-0.4, -0.2) is 29.8 Å². The van der Waals surface area contributed by atoms with Gasteiger partial charge in [0.1, 0.15) is 11.9 Å². The standard InChI is InChI=1S/C15H20BrNO2S/c16-14-12(17)2-1-3-13(14)19-11-4-7-18-15(10-11)5-8-20-9-6-15/h1-3,11H,4-10,17H2. The van der Waals surface area contributed by atoms with Crippen molar-refractivity contribution in [3.05, 3.63) is 22.7 Å². The van der Waals surface area contributed by atoms with Gasteiger partial charge in [0.2, 0.25) is 0 Å². The molecule has 20 heavy (non-hydrogen) atoms. The van der Waals surface area contributed by atoms with E-state index < -0.39 is 0 Å². The van der Waals surface area contributed by atoms with E-state index >= 15 is 0 Å². The third kappa shape index (κ3) is 3.10. The zero-order valence-corrected chi connectivity index (χ0v) is 13.8. The van der Waals surface area contributed by atoms with Gasteiger partial charge in [0, 0.05) is 18.5 Å². The Bertz CT molecular complexity index is 471. The summed E-state index contributed by atoms with van der Waals surface area (Å²) >= 11 is 5.54. The molecule has 2 saturated heterocycles. The molecule has 1 atom stereocenters. The summed E-state index contributed by atoms with van der Waals surface area (Å²) in [5.74, 6) is 3.25. The van der Waals surface area contributed by atoms with Crippen LogP contribution in [0.4, 0.5) is 5.69 Å². The van der Waals surface area contributed by atoms with Gasteiger partial charge >= 0.3 is 0 Å². The number of rotatable bonds is 2. The Balaban J connectivity index is 1.69. The summed E-state index contributed by atoms with van der Waals surface area (Å²) < 4.78 is 13.1. The fourth-order valence-corrected chi connectivity index (χ4v) is 4.57. The average Bonchev–Trinajstić information content (AvgIpc) is 2.45. The Morgan fingerprint density at radius 1 is 1.35 bits per heavy atom. The fraction of sp³-hybridized carbons (Fsp3) is 0.600. The molecule has 3 nitrogen and oxygen atoms in total. The van der Waals surface area contributed by atoms with E-state index in [0.29, 0.717) is 0 Å². The van der Waals surface area contributed by atoms with E-state index in [1.54, 1.807) is 0 Å². The van der Waals surface area contributed by atoms with E-state index in [1.165, 1.54) is 11.5 Å². The fourth-order valence-electron chi connectivity index (χ4n) is 2.97. The highest BCUT2D eigenvalue weighted by Gasteiger charge is 2.39. The average molecular weight is 358 g/mol. The minimum Gasteiger partial charge on any atom is -0.489 e. The molecule has 2 N–H and O–H groups in total. The third-order valence-electron chi connectivity index (χ3n) is 4.14. The van der Waals surface area contributed by atoms with Crippen LogP contribution in [0.2, 0.25) is 0 Å². The lowest BCUT2D eigenvalue weighted by Gasteiger charge is -2.43. The molecule has 0 aromatic heterocycles. The number of nitrogens with two attached hydrogens (primary N) is 1. The monoisotopic (exact) mass is 357 g/mol. The summed E-state index contributed by atoms with van der Waals surface area (Å²) in [6.07, 6.45) is 4.47. The van der Waals surface area contributed by atoms with Crippen molar-refractivity contribution < 1.29 is 9.47 Å². The first-order valence-corrected chi connectivity index (χ1v) is 9.06. The SMILES string of the molecule is Nc1cccc(OC2CCOC3(CCSCC3)C2)c1Br. The van der Waals surface area contributed by atoms with Gasteiger partial charge in [-0.15, -0.1) is 0 Å². The van der Waals surface area contributed by atoms with Crippen molar-refractivity contribution in [2.45, 2.75) is 37.4 Å². The zero-order valence-electron chi connectivity index (χ0n) is 11.4. The van der Waals surface area contributed by atoms with Gasteiger partial charge in [-0.2, -0.15) is 11.8 Å². The van der Waals surface area contributed by atoms with Crippen LogP contribution in [0.25, 0.3) is 0 Å². The maximum atomic E-state index is 6.18. The smallest absolute Gasteiger partial charge is 0.135 e. The van der Waals surface area contributed by atoms with Gasteiger partial charge in [-0.25, -0.2) is 0 Å². The summed E-state index contributed by atoms with van der Waals surface area (Å²) in [5.41, 5.74) is 6.68. The second-order valence-corrected chi connectivity index (χ2v) is 7.55. The quantitative estimate of drug-likeness (QED) is 0.816. The van der Waals surface area contributed by atoms with Crippen molar-refractivity contribution in [2.75, 3.05) is 23.8 Å². The number of thioether (sulfide) groups is 1. The van der Waals surface area contributed by atoms with Crippen LogP contribution >= 0.6 is 27.7 Å². The number of halogens is 1. The molecule has 0 saturated carbocycles. The van der Waals surface area contributed by atoms with Gasteiger partial charge in [0.25, 0.3) is 0 Å². The molecule has 2 fully saturated rings. The van der Waals surface area contributed by atoms with E-state index in [2.05, 4.69) is 15.9 Å². The number of hydrogen-bond acceptors (Lipinski definition) is 4. The first-order valence-electron chi connectivity index (χ1n) is 7.11. The highest BCUT2D eigenvalue weighted by molar-refractivity contribution is 9.10. The third-order valence-corrected chi connectivity index (χ3v) is 5.97. The van der Waals surface area contributed by atoms with Gasteiger partial charge in [-0.3, -0.25) is 0 Å². The lowest BCUT2D eigenvalue weighted by Crippen LogP contribution is -2.46. The van der Waals surface area contributed by atoms with Crippen molar-refractivity contribution in [2.24, 2.45) is 0 Å². The molecule has 3 rings (SSSR count). The summed E-state index contributed by atoms with van der Waals surface area (Å²) in [6.45, 7) is 0.801. The van der Waals surface area contributed by atoms with E-state index in [4.69, 9.17) is 15.2 Å². The molecule has 0 aliphatic carbocycles. The van der Waals surface area contributed by atoms with Crippen LogP contribution < -0.4 is 10.5 Å². The molecule has 1 unspecified atom stereocenters. The normalized spacial score (nSPS) is 25.6. The lowest BCUT2D eigenvalue weighted by atomic mass is 9.86. The molecule has 1 aromatic carbocycles. The zero-order chi connectivity index (χ0) is 14.0. The minimum atomic E-state index is 0.0565. The molecule has 1 aromatic rings. The second-order valence-electron chi connectivity index (χ2n) is 5.54. The first kappa shape index (κ1) is 14.5. The Kier molecular flexibility index (Phi) is 4.48. The Hall–Kier alpha value is -0.390.